The molecule has 0 fully saturated rings. The molecule has 1 heterocycles. The molecule has 5 heteroatoms. The first kappa shape index (κ1) is 11.4. The summed E-state index contributed by atoms with van der Waals surface area (Å²) in [6.07, 6.45) is 1.76. The van der Waals surface area contributed by atoms with Crippen molar-refractivity contribution in [2.45, 2.75) is 13.5 Å². The van der Waals surface area contributed by atoms with Gasteiger partial charge >= 0.3 is 0 Å². The molecular weight excluding hydrogens is 221 g/mol. The summed E-state index contributed by atoms with van der Waals surface area (Å²) in [4.78, 5) is 0. The number of methoxy groups -OCH3 is 1. The van der Waals surface area contributed by atoms with Crippen LogP contribution in [0.15, 0.2) is 24.4 Å². The number of rotatable bonds is 4. The number of benzene rings is 1. The smallest absolute Gasteiger partial charge is 0.144 e. The minimum Gasteiger partial charge on any atom is -0.494 e. The zero-order valence-corrected chi connectivity index (χ0v) is 9.75. The number of aromatic amines is 1. The summed E-state index contributed by atoms with van der Waals surface area (Å²) in [5.41, 5.74) is 2.84. The molecule has 90 valence electrons. The van der Waals surface area contributed by atoms with Gasteiger partial charge in [-0.3, -0.25) is 5.10 Å². The van der Waals surface area contributed by atoms with Crippen molar-refractivity contribution in [2.75, 3.05) is 12.4 Å². The number of H-pyrrole nitrogens is 1. The summed E-state index contributed by atoms with van der Waals surface area (Å²) in [5, 5.41) is 9.98. The van der Waals surface area contributed by atoms with Gasteiger partial charge < -0.3 is 10.1 Å². The molecule has 0 aliphatic carbocycles. The Bertz CT molecular complexity index is 510. The van der Waals surface area contributed by atoms with E-state index in [9.17, 15) is 4.39 Å². The van der Waals surface area contributed by atoms with Gasteiger partial charge in [0.2, 0.25) is 0 Å². The van der Waals surface area contributed by atoms with Crippen LogP contribution in [0.4, 0.5) is 10.1 Å². The largest absolute Gasteiger partial charge is 0.494 e. The van der Waals surface area contributed by atoms with Crippen LogP contribution in [0.2, 0.25) is 0 Å². The van der Waals surface area contributed by atoms with Gasteiger partial charge in [-0.2, -0.15) is 5.10 Å². The van der Waals surface area contributed by atoms with E-state index in [0.717, 1.165) is 16.9 Å². The standard InChI is InChI=1S/C12H14FN3O/c1-8-9(7-15-16-8)6-14-11-4-3-10(13)5-12(11)17-2/h3-5,7,14H,6H2,1-2H3,(H,15,16). The lowest BCUT2D eigenvalue weighted by Crippen LogP contribution is -2.02. The Kier molecular flexibility index (Phi) is 3.27. The highest BCUT2D eigenvalue weighted by molar-refractivity contribution is 5.56. The molecule has 1 aromatic carbocycles. The van der Waals surface area contributed by atoms with Gasteiger partial charge in [0.25, 0.3) is 0 Å². The summed E-state index contributed by atoms with van der Waals surface area (Å²) in [6, 6.07) is 4.40. The molecule has 0 saturated carbocycles. The first-order valence-electron chi connectivity index (χ1n) is 5.27. The molecule has 2 aromatic rings. The van der Waals surface area contributed by atoms with Crippen molar-refractivity contribution in [3.63, 3.8) is 0 Å². The molecule has 0 aliphatic rings. The van der Waals surface area contributed by atoms with E-state index in [1.54, 1.807) is 12.3 Å². The second-order valence-corrected chi connectivity index (χ2v) is 3.72. The highest BCUT2D eigenvalue weighted by atomic mass is 19.1. The van der Waals surface area contributed by atoms with E-state index in [-0.39, 0.29) is 5.82 Å². The van der Waals surface area contributed by atoms with Gasteiger partial charge in [0.15, 0.2) is 0 Å². The quantitative estimate of drug-likeness (QED) is 0.856. The molecule has 0 amide bonds. The number of aryl methyl sites for hydroxylation is 1. The maximum Gasteiger partial charge on any atom is 0.144 e. The Morgan fingerprint density at radius 2 is 2.29 bits per heavy atom. The lowest BCUT2D eigenvalue weighted by molar-refractivity contribution is 0.413. The van der Waals surface area contributed by atoms with Gasteiger partial charge in [-0.25, -0.2) is 4.39 Å². The van der Waals surface area contributed by atoms with Crippen molar-refractivity contribution in [1.29, 1.82) is 0 Å². The molecule has 0 radical (unpaired) electrons. The number of hydrogen-bond acceptors (Lipinski definition) is 3. The van der Waals surface area contributed by atoms with E-state index >= 15 is 0 Å². The SMILES string of the molecule is COc1cc(F)ccc1NCc1cn[nH]c1C. The van der Waals surface area contributed by atoms with Gasteiger partial charge in [0, 0.05) is 23.9 Å². The van der Waals surface area contributed by atoms with Crippen molar-refractivity contribution < 1.29 is 9.13 Å². The lowest BCUT2D eigenvalue weighted by Gasteiger charge is -2.10. The van der Waals surface area contributed by atoms with Gasteiger partial charge in [0.1, 0.15) is 11.6 Å². The van der Waals surface area contributed by atoms with Crippen LogP contribution in [-0.4, -0.2) is 17.3 Å². The Morgan fingerprint density at radius 3 is 2.94 bits per heavy atom. The van der Waals surface area contributed by atoms with E-state index in [2.05, 4.69) is 15.5 Å². The Balaban J connectivity index is 2.11. The second kappa shape index (κ2) is 4.86. The first-order valence-corrected chi connectivity index (χ1v) is 5.27. The van der Waals surface area contributed by atoms with E-state index in [0.29, 0.717) is 12.3 Å². The summed E-state index contributed by atoms with van der Waals surface area (Å²) < 4.78 is 18.1. The molecule has 0 unspecified atom stereocenters. The predicted octanol–water partition coefficient (Wildman–Crippen LogP) is 2.48. The molecule has 0 atom stereocenters. The van der Waals surface area contributed by atoms with E-state index in [1.165, 1.54) is 19.2 Å². The third-order valence-electron chi connectivity index (χ3n) is 2.57. The number of nitrogens with one attached hydrogen (secondary N) is 2. The van der Waals surface area contributed by atoms with Crippen LogP contribution in [-0.2, 0) is 6.54 Å². The second-order valence-electron chi connectivity index (χ2n) is 3.72. The van der Waals surface area contributed by atoms with Crippen molar-refractivity contribution in [3.05, 3.63) is 41.5 Å². The van der Waals surface area contributed by atoms with Gasteiger partial charge in [0.05, 0.1) is 19.0 Å². The number of ether oxygens (including phenoxy) is 1. The molecule has 0 aliphatic heterocycles. The summed E-state index contributed by atoms with van der Waals surface area (Å²) in [5.74, 6) is 0.179. The number of nitrogens with zero attached hydrogens (tertiary/aromatic N) is 1. The van der Waals surface area contributed by atoms with Crippen molar-refractivity contribution in [2.24, 2.45) is 0 Å². The maximum atomic E-state index is 13.0. The molecule has 17 heavy (non-hydrogen) atoms. The third-order valence-corrected chi connectivity index (χ3v) is 2.57. The van der Waals surface area contributed by atoms with Crippen LogP contribution in [0.1, 0.15) is 11.3 Å². The highest BCUT2D eigenvalue weighted by Gasteiger charge is 2.05. The van der Waals surface area contributed by atoms with Crippen molar-refractivity contribution >= 4 is 5.69 Å². The minimum absolute atomic E-state index is 0.313. The Morgan fingerprint density at radius 1 is 1.47 bits per heavy atom. The minimum atomic E-state index is -0.313. The molecule has 0 saturated heterocycles. The maximum absolute atomic E-state index is 13.0. The zero-order valence-electron chi connectivity index (χ0n) is 9.75. The van der Waals surface area contributed by atoms with Gasteiger partial charge in [-0.1, -0.05) is 0 Å². The van der Waals surface area contributed by atoms with Crippen molar-refractivity contribution in [1.82, 2.24) is 10.2 Å². The number of aromatic nitrogens is 2. The predicted molar refractivity (Wildman–Crippen MR) is 63.6 cm³/mol. The molecule has 0 bridgehead atoms. The van der Waals surface area contributed by atoms with Gasteiger partial charge in [-0.05, 0) is 19.1 Å². The fraction of sp³-hybridized carbons (Fsp3) is 0.250. The third kappa shape index (κ3) is 2.55. The number of hydrogen-bond donors (Lipinski definition) is 2. The average Bonchev–Trinajstić information content (AvgIpc) is 2.73. The lowest BCUT2D eigenvalue weighted by atomic mass is 10.2. The summed E-state index contributed by atoms with van der Waals surface area (Å²) >= 11 is 0. The van der Waals surface area contributed by atoms with E-state index in [1.807, 2.05) is 6.92 Å². The molecule has 0 spiro atoms. The Labute approximate surface area is 98.8 Å². The highest BCUT2D eigenvalue weighted by Crippen LogP contribution is 2.25. The van der Waals surface area contributed by atoms with Crippen LogP contribution in [0.3, 0.4) is 0 Å². The average molecular weight is 235 g/mol. The summed E-state index contributed by atoms with van der Waals surface area (Å²) in [6.45, 7) is 2.57. The fourth-order valence-corrected chi connectivity index (χ4v) is 1.56. The van der Waals surface area contributed by atoms with E-state index < -0.39 is 0 Å². The normalized spacial score (nSPS) is 10.3. The molecule has 4 nitrogen and oxygen atoms in total. The van der Waals surface area contributed by atoms with Gasteiger partial charge in [-0.15, -0.1) is 0 Å². The fourth-order valence-electron chi connectivity index (χ4n) is 1.56. The first-order chi connectivity index (χ1) is 8.20. The molecule has 2 rings (SSSR count). The topological polar surface area (TPSA) is 49.9 Å². The molecule has 1 aromatic heterocycles. The Hall–Kier alpha value is -2.04. The van der Waals surface area contributed by atoms with E-state index in [4.69, 9.17) is 4.74 Å². The zero-order chi connectivity index (χ0) is 12.3. The monoisotopic (exact) mass is 235 g/mol. The molecular formula is C12H14FN3O. The van der Waals surface area contributed by atoms with Crippen LogP contribution >= 0.6 is 0 Å². The van der Waals surface area contributed by atoms with Crippen LogP contribution in [0, 0.1) is 12.7 Å². The van der Waals surface area contributed by atoms with Crippen LogP contribution in [0.25, 0.3) is 0 Å². The summed E-state index contributed by atoms with van der Waals surface area (Å²) in [7, 11) is 1.52. The van der Waals surface area contributed by atoms with Crippen molar-refractivity contribution in [3.8, 4) is 5.75 Å². The molecule has 2 N–H and O–H groups in total. The number of halogens is 1. The van der Waals surface area contributed by atoms with Crippen LogP contribution in [0.5, 0.6) is 5.75 Å². The van der Waals surface area contributed by atoms with Crippen LogP contribution < -0.4 is 10.1 Å². The number of anilines is 1.